The Hall–Kier alpha value is -2.98. The summed E-state index contributed by atoms with van der Waals surface area (Å²) >= 11 is 0. The average Bonchev–Trinajstić information content (AvgIpc) is 2.73. The minimum atomic E-state index is -0.270. The van der Waals surface area contributed by atoms with Gasteiger partial charge in [-0.05, 0) is 42.9 Å². The van der Waals surface area contributed by atoms with Gasteiger partial charge in [0.2, 0.25) is 5.91 Å². The highest BCUT2D eigenvalue weighted by Gasteiger charge is 2.20. The highest BCUT2D eigenvalue weighted by molar-refractivity contribution is 5.77. The number of likely N-dealkylation sites (N-methyl/N-ethyl adjacent to an activating group) is 1. The molecule has 0 bridgehead atoms. The zero-order chi connectivity index (χ0) is 20.6. The van der Waals surface area contributed by atoms with Crippen molar-refractivity contribution in [2.75, 3.05) is 20.6 Å². The van der Waals surface area contributed by atoms with E-state index < -0.39 is 0 Å². The molecule has 0 radical (unpaired) electrons. The third-order valence-electron chi connectivity index (χ3n) is 5.14. The second kappa shape index (κ2) is 9.99. The van der Waals surface area contributed by atoms with Crippen molar-refractivity contribution < 1.29 is 9.18 Å². The van der Waals surface area contributed by atoms with E-state index in [0.717, 1.165) is 16.7 Å². The lowest BCUT2D eigenvalue weighted by Crippen LogP contribution is -2.35. The molecular formula is C25H27FN2O. The Morgan fingerprint density at radius 3 is 1.93 bits per heavy atom. The Morgan fingerprint density at radius 2 is 1.41 bits per heavy atom. The largest absolute Gasteiger partial charge is 0.354 e. The van der Waals surface area contributed by atoms with Crippen molar-refractivity contribution in [2.45, 2.75) is 18.4 Å². The van der Waals surface area contributed by atoms with Crippen LogP contribution in [-0.4, -0.2) is 31.4 Å². The number of carbonyl (C=O) groups excluding carboxylic acids is 1. The van der Waals surface area contributed by atoms with E-state index in [1.807, 2.05) is 61.5 Å². The summed E-state index contributed by atoms with van der Waals surface area (Å²) < 4.78 is 13.6. The first kappa shape index (κ1) is 20.7. The lowest BCUT2D eigenvalue weighted by molar-refractivity contribution is -0.121. The quantitative estimate of drug-likeness (QED) is 0.601. The number of carbonyl (C=O) groups is 1. The van der Waals surface area contributed by atoms with Crippen LogP contribution >= 0.6 is 0 Å². The van der Waals surface area contributed by atoms with E-state index in [2.05, 4.69) is 29.6 Å². The number of amides is 1. The number of halogens is 1. The van der Waals surface area contributed by atoms with Gasteiger partial charge >= 0.3 is 0 Å². The van der Waals surface area contributed by atoms with Crippen molar-refractivity contribution in [3.63, 3.8) is 0 Å². The highest BCUT2D eigenvalue weighted by atomic mass is 19.1. The van der Waals surface area contributed by atoms with Gasteiger partial charge in [0, 0.05) is 18.9 Å². The fourth-order valence-electron chi connectivity index (χ4n) is 3.58. The average molecular weight is 391 g/mol. The van der Waals surface area contributed by atoms with E-state index in [4.69, 9.17) is 0 Å². The van der Waals surface area contributed by atoms with E-state index >= 15 is 0 Å². The van der Waals surface area contributed by atoms with Crippen molar-refractivity contribution in [3.8, 4) is 0 Å². The molecule has 0 saturated carbocycles. The van der Waals surface area contributed by atoms with Gasteiger partial charge < -0.3 is 10.2 Å². The van der Waals surface area contributed by atoms with Crippen molar-refractivity contribution >= 4 is 5.91 Å². The van der Waals surface area contributed by atoms with Crippen LogP contribution in [0, 0.1) is 5.82 Å². The molecule has 0 spiro atoms. The Labute approximate surface area is 172 Å². The second-order valence-electron chi connectivity index (χ2n) is 7.42. The summed E-state index contributed by atoms with van der Waals surface area (Å²) in [4.78, 5) is 14.8. The maximum absolute atomic E-state index is 13.6. The molecule has 0 fully saturated rings. The Kier molecular flexibility index (Phi) is 7.14. The van der Waals surface area contributed by atoms with Gasteiger partial charge in [-0.25, -0.2) is 4.39 Å². The van der Waals surface area contributed by atoms with Crippen molar-refractivity contribution in [2.24, 2.45) is 0 Å². The zero-order valence-corrected chi connectivity index (χ0v) is 16.9. The number of hydrogen-bond acceptors (Lipinski definition) is 2. The van der Waals surface area contributed by atoms with Gasteiger partial charge in [0.1, 0.15) is 5.82 Å². The Balaban J connectivity index is 1.71. The Morgan fingerprint density at radius 1 is 0.862 bits per heavy atom. The lowest BCUT2D eigenvalue weighted by atomic mass is 9.88. The molecule has 3 rings (SSSR count). The van der Waals surface area contributed by atoms with Gasteiger partial charge in [0.25, 0.3) is 0 Å². The molecule has 3 aromatic carbocycles. The molecule has 1 unspecified atom stereocenters. The van der Waals surface area contributed by atoms with Crippen LogP contribution in [0.4, 0.5) is 4.39 Å². The highest BCUT2D eigenvalue weighted by Crippen LogP contribution is 2.28. The van der Waals surface area contributed by atoms with Crippen LogP contribution in [-0.2, 0) is 4.79 Å². The summed E-state index contributed by atoms with van der Waals surface area (Å²) in [5.74, 6) is -0.302. The first-order valence-electron chi connectivity index (χ1n) is 9.83. The second-order valence-corrected chi connectivity index (χ2v) is 7.42. The topological polar surface area (TPSA) is 32.3 Å². The third kappa shape index (κ3) is 5.75. The number of benzene rings is 3. The van der Waals surface area contributed by atoms with E-state index in [1.165, 1.54) is 12.1 Å². The van der Waals surface area contributed by atoms with Crippen molar-refractivity contribution in [1.82, 2.24) is 10.2 Å². The first-order valence-corrected chi connectivity index (χ1v) is 9.83. The van der Waals surface area contributed by atoms with Crippen LogP contribution < -0.4 is 5.32 Å². The van der Waals surface area contributed by atoms with Crippen LogP contribution in [0.2, 0.25) is 0 Å². The maximum Gasteiger partial charge on any atom is 0.221 e. The monoisotopic (exact) mass is 390 g/mol. The molecule has 0 aliphatic heterocycles. The Bertz CT molecular complexity index is 873. The van der Waals surface area contributed by atoms with Crippen LogP contribution in [0.1, 0.15) is 35.1 Å². The molecule has 29 heavy (non-hydrogen) atoms. The molecule has 150 valence electrons. The zero-order valence-electron chi connectivity index (χ0n) is 16.9. The summed E-state index contributed by atoms with van der Waals surface area (Å²) in [6, 6.07) is 26.6. The van der Waals surface area contributed by atoms with Crippen molar-refractivity contribution in [1.29, 1.82) is 0 Å². The molecule has 1 atom stereocenters. The summed E-state index contributed by atoms with van der Waals surface area (Å²) in [6.45, 7) is 0.422. The summed E-state index contributed by atoms with van der Waals surface area (Å²) in [5, 5.41) is 3.05. The lowest BCUT2D eigenvalue weighted by Gasteiger charge is -2.26. The van der Waals surface area contributed by atoms with Gasteiger partial charge in [-0.3, -0.25) is 4.79 Å². The van der Waals surface area contributed by atoms with Gasteiger partial charge in [-0.15, -0.1) is 0 Å². The van der Waals surface area contributed by atoms with E-state index in [-0.39, 0.29) is 23.7 Å². The normalized spacial score (nSPS) is 12.2. The van der Waals surface area contributed by atoms with Gasteiger partial charge in [0.15, 0.2) is 0 Å². The molecular weight excluding hydrogens is 363 g/mol. The molecule has 1 N–H and O–H groups in total. The number of nitrogens with zero attached hydrogens (tertiary/aromatic N) is 1. The number of rotatable bonds is 8. The maximum atomic E-state index is 13.6. The molecule has 1 amide bonds. The van der Waals surface area contributed by atoms with Crippen molar-refractivity contribution in [3.05, 3.63) is 107 Å². The molecule has 3 aromatic rings. The third-order valence-corrected chi connectivity index (χ3v) is 5.14. The first-order chi connectivity index (χ1) is 14.0. The fourth-order valence-corrected chi connectivity index (χ4v) is 3.58. The molecule has 0 aliphatic rings. The molecule has 3 nitrogen and oxygen atoms in total. The summed E-state index contributed by atoms with van der Waals surface area (Å²) in [5.41, 5.74) is 3.07. The predicted octanol–water partition coefficient (Wildman–Crippen LogP) is 4.77. The van der Waals surface area contributed by atoms with Crippen LogP contribution in [0.15, 0.2) is 84.9 Å². The van der Waals surface area contributed by atoms with E-state index in [9.17, 15) is 9.18 Å². The van der Waals surface area contributed by atoms with Crippen LogP contribution in [0.5, 0.6) is 0 Å². The minimum Gasteiger partial charge on any atom is -0.354 e. The molecule has 4 heteroatoms. The van der Waals surface area contributed by atoms with Crippen LogP contribution in [0.3, 0.4) is 0 Å². The van der Waals surface area contributed by atoms with E-state index in [1.54, 1.807) is 6.07 Å². The van der Waals surface area contributed by atoms with Gasteiger partial charge in [0.05, 0.1) is 6.04 Å². The SMILES string of the molecule is CN(C)C(CNC(=O)CC(c1ccccc1)c1ccccc1)c1cccc(F)c1. The predicted molar refractivity (Wildman–Crippen MR) is 115 cm³/mol. The molecule has 0 heterocycles. The minimum absolute atomic E-state index is 0.00984. The molecule has 0 aliphatic carbocycles. The fraction of sp³-hybridized carbons (Fsp3) is 0.240. The number of hydrogen-bond donors (Lipinski definition) is 1. The standard InChI is InChI=1S/C25H27FN2O/c1-28(2)24(21-14-9-15-22(26)16-21)18-27-25(29)17-23(19-10-5-3-6-11-19)20-12-7-4-8-13-20/h3-16,23-24H,17-18H2,1-2H3,(H,27,29). The van der Waals surface area contributed by atoms with Gasteiger partial charge in [-0.1, -0.05) is 72.8 Å². The van der Waals surface area contributed by atoms with E-state index in [0.29, 0.717) is 13.0 Å². The summed E-state index contributed by atoms with van der Waals surface area (Å²) in [6.07, 6.45) is 0.358. The molecule has 0 saturated heterocycles. The molecule has 0 aromatic heterocycles. The number of nitrogens with one attached hydrogen (secondary N) is 1. The van der Waals surface area contributed by atoms with Crippen LogP contribution in [0.25, 0.3) is 0 Å². The smallest absolute Gasteiger partial charge is 0.221 e. The summed E-state index contributed by atoms with van der Waals surface area (Å²) in [7, 11) is 3.86. The van der Waals surface area contributed by atoms with Gasteiger partial charge in [-0.2, -0.15) is 0 Å².